The molecule has 2 rings (SSSR count). The molecule has 0 amide bonds. The fraction of sp³-hybridized carbons (Fsp3) is 0.647. The van der Waals surface area contributed by atoms with Crippen molar-refractivity contribution in [2.24, 2.45) is 0 Å². The summed E-state index contributed by atoms with van der Waals surface area (Å²) in [5.41, 5.74) is 4.22. The van der Waals surface area contributed by atoms with Gasteiger partial charge in [0.1, 0.15) is 0 Å². The van der Waals surface area contributed by atoms with Crippen molar-refractivity contribution < 1.29 is 9.47 Å². The fourth-order valence-corrected chi connectivity index (χ4v) is 2.96. The molecule has 118 valence electrons. The molecule has 0 bridgehead atoms. The first-order valence-corrected chi connectivity index (χ1v) is 7.82. The predicted octanol–water partition coefficient (Wildman–Crippen LogP) is 2.53. The Labute approximate surface area is 128 Å². The zero-order valence-electron chi connectivity index (χ0n) is 13.5. The van der Waals surface area contributed by atoms with Crippen molar-refractivity contribution in [2.75, 3.05) is 45.8 Å². The third kappa shape index (κ3) is 4.43. The molecule has 0 radical (unpaired) electrons. The van der Waals surface area contributed by atoms with Gasteiger partial charge in [-0.1, -0.05) is 12.1 Å². The Kier molecular flexibility index (Phi) is 6.49. The van der Waals surface area contributed by atoms with Crippen LogP contribution in [0.25, 0.3) is 0 Å². The molecule has 1 atom stereocenters. The average molecular weight is 292 g/mol. The third-order valence-corrected chi connectivity index (χ3v) is 4.18. The van der Waals surface area contributed by atoms with Crippen molar-refractivity contribution in [3.8, 4) is 0 Å². The first kappa shape index (κ1) is 16.3. The highest BCUT2D eigenvalue weighted by Crippen LogP contribution is 2.26. The van der Waals surface area contributed by atoms with E-state index in [9.17, 15) is 0 Å². The lowest BCUT2D eigenvalue weighted by atomic mass is 9.97. The number of nitrogens with one attached hydrogen (secondary N) is 1. The SMILES string of the molecule is COCCN(Cc1cccc2c1CCCN2)C(C)COC. The molecule has 0 fully saturated rings. The van der Waals surface area contributed by atoms with E-state index in [-0.39, 0.29) is 0 Å². The molecule has 4 heteroatoms. The van der Waals surface area contributed by atoms with Crippen molar-refractivity contribution in [2.45, 2.75) is 32.4 Å². The van der Waals surface area contributed by atoms with Crippen LogP contribution in [0.3, 0.4) is 0 Å². The Bertz CT molecular complexity index is 437. The van der Waals surface area contributed by atoms with Crippen LogP contribution in [0.15, 0.2) is 18.2 Å². The minimum atomic E-state index is 0.387. The Balaban J connectivity index is 2.11. The zero-order chi connectivity index (χ0) is 15.1. The van der Waals surface area contributed by atoms with Crippen molar-refractivity contribution in [3.05, 3.63) is 29.3 Å². The number of methoxy groups -OCH3 is 2. The summed E-state index contributed by atoms with van der Waals surface area (Å²) in [6.07, 6.45) is 2.39. The normalized spacial score (nSPS) is 15.6. The number of benzene rings is 1. The quantitative estimate of drug-likeness (QED) is 0.798. The summed E-state index contributed by atoms with van der Waals surface area (Å²) in [6.45, 7) is 6.69. The number of hydrogen-bond donors (Lipinski definition) is 1. The monoisotopic (exact) mass is 292 g/mol. The van der Waals surface area contributed by atoms with Gasteiger partial charge >= 0.3 is 0 Å². The molecular weight excluding hydrogens is 264 g/mol. The van der Waals surface area contributed by atoms with Crippen molar-refractivity contribution in [1.29, 1.82) is 0 Å². The predicted molar refractivity (Wildman–Crippen MR) is 86.9 cm³/mol. The van der Waals surface area contributed by atoms with Gasteiger partial charge < -0.3 is 14.8 Å². The zero-order valence-corrected chi connectivity index (χ0v) is 13.5. The van der Waals surface area contributed by atoms with E-state index in [1.54, 1.807) is 14.2 Å². The molecule has 0 aromatic heterocycles. The topological polar surface area (TPSA) is 33.7 Å². The standard InChI is InChI=1S/C17H28N2O2/c1-14(13-21-3)19(10-11-20-2)12-15-6-4-8-17-16(15)7-5-9-18-17/h4,6,8,14,18H,5,7,9-13H2,1-3H3. The molecule has 1 unspecified atom stereocenters. The van der Waals surface area contributed by atoms with Crippen LogP contribution in [0.1, 0.15) is 24.5 Å². The Morgan fingerprint density at radius 3 is 2.90 bits per heavy atom. The van der Waals surface area contributed by atoms with Crippen LogP contribution in [0.5, 0.6) is 0 Å². The number of fused-ring (bicyclic) bond motifs is 1. The van der Waals surface area contributed by atoms with Gasteiger partial charge in [-0.3, -0.25) is 4.90 Å². The maximum absolute atomic E-state index is 5.32. The molecule has 1 aromatic rings. The smallest absolute Gasteiger partial charge is 0.0615 e. The molecule has 1 heterocycles. The second-order valence-electron chi connectivity index (χ2n) is 5.74. The summed E-state index contributed by atoms with van der Waals surface area (Å²) >= 11 is 0. The molecule has 21 heavy (non-hydrogen) atoms. The van der Waals surface area contributed by atoms with Gasteiger partial charge in [0.25, 0.3) is 0 Å². The van der Waals surface area contributed by atoms with Gasteiger partial charge in [0, 0.05) is 45.6 Å². The highest BCUT2D eigenvalue weighted by Gasteiger charge is 2.18. The van der Waals surface area contributed by atoms with Crippen molar-refractivity contribution in [1.82, 2.24) is 4.90 Å². The van der Waals surface area contributed by atoms with E-state index >= 15 is 0 Å². The van der Waals surface area contributed by atoms with Crippen molar-refractivity contribution in [3.63, 3.8) is 0 Å². The van der Waals surface area contributed by atoms with Gasteiger partial charge in [0.15, 0.2) is 0 Å². The summed E-state index contributed by atoms with van der Waals surface area (Å²) in [6, 6.07) is 6.99. The van der Waals surface area contributed by atoms with Crippen LogP contribution in [-0.4, -0.2) is 51.5 Å². The van der Waals surface area contributed by atoms with Crippen LogP contribution in [0, 0.1) is 0 Å². The van der Waals surface area contributed by atoms with Gasteiger partial charge in [0.2, 0.25) is 0 Å². The van der Waals surface area contributed by atoms with Gasteiger partial charge in [-0.2, -0.15) is 0 Å². The largest absolute Gasteiger partial charge is 0.385 e. The van der Waals surface area contributed by atoms with E-state index < -0.39 is 0 Å². The molecule has 1 aliphatic heterocycles. The molecule has 0 saturated heterocycles. The number of ether oxygens (including phenoxy) is 2. The van der Waals surface area contributed by atoms with Gasteiger partial charge in [0.05, 0.1) is 13.2 Å². The molecule has 0 saturated carbocycles. The minimum absolute atomic E-state index is 0.387. The Morgan fingerprint density at radius 1 is 1.29 bits per heavy atom. The Hall–Kier alpha value is -1.10. The minimum Gasteiger partial charge on any atom is -0.385 e. The maximum atomic E-state index is 5.32. The van der Waals surface area contributed by atoms with Crippen molar-refractivity contribution >= 4 is 5.69 Å². The lowest BCUT2D eigenvalue weighted by Gasteiger charge is -2.30. The number of anilines is 1. The van der Waals surface area contributed by atoms with Gasteiger partial charge in [-0.05, 0) is 37.0 Å². The van der Waals surface area contributed by atoms with Gasteiger partial charge in [-0.25, -0.2) is 0 Å². The molecular formula is C17H28N2O2. The fourth-order valence-electron chi connectivity index (χ4n) is 2.96. The molecule has 0 aliphatic carbocycles. The van der Waals surface area contributed by atoms with E-state index in [0.29, 0.717) is 6.04 Å². The first-order valence-electron chi connectivity index (χ1n) is 7.82. The summed E-state index contributed by atoms with van der Waals surface area (Å²) < 4.78 is 10.6. The van der Waals surface area contributed by atoms with E-state index in [0.717, 1.165) is 32.8 Å². The number of hydrogen-bond acceptors (Lipinski definition) is 4. The van der Waals surface area contributed by atoms with E-state index in [2.05, 4.69) is 35.3 Å². The van der Waals surface area contributed by atoms with Crippen LogP contribution >= 0.6 is 0 Å². The van der Waals surface area contributed by atoms with Crippen LogP contribution in [0.2, 0.25) is 0 Å². The average Bonchev–Trinajstić information content (AvgIpc) is 2.51. The third-order valence-electron chi connectivity index (χ3n) is 4.18. The second kappa shape index (κ2) is 8.37. The lowest BCUT2D eigenvalue weighted by molar-refractivity contribution is 0.0703. The second-order valence-corrected chi connectivity index (χ2v) is 5.74. The molecule has 1 N–H and O–H groups in total. The first-order chi connectivity index (χ1) is 10.3. The van der Waals surface area contributed by atoms with E-state index in [1.807, 2.05) is 0 Å². The van der Waals surface area contributed by atoms with Crippen LogP contribution in [0.4, 0.5) is 5.69 Å². The van der Waals surface area contributed by atoms with Crippen LogP contribution < -0.4 is 5.32 Å². The highest BCUT2D eigenvalue weighted by atomic mass is 16.5. The molecule has 1 aliphatic rings. The number of rotatable bonds is 8. The van der Waals surface area contributed by atoms with Crippen LogP contribution in [-0.2, 0) is 22.4 Å². The molecule has 1 aromatic carbocycles. The Morgan fingerprint density at radius 2 is 2.14 bits per heavy atom. The summed E-state index contributed by atoms with van der Waals surface area (Å²) in [5.74, 6) is 0. The maximum Gasteiger partial charge on any atom is 0.0615 e. The van der Waals surface area contributed by atoms with E-state index in [4.69, 9.17) is 9.47 Å². The van der Waals surface area contributed by atoms with Gasteiger partial charge in [-0.15, -0.1) is 0 Å². The molecule has 0 spiro atoms. The van der Waals surface area contributed by atoms with E-state index in [1.165, 1.54) is 29.7 Å². The summed E-state index contributed by atoms with van der Waals surface area (Å²) in [4.78, 5) is 2.44. The lowest BCUT2D eigenvalue weighted by Crippen LogP contribution is -2.38. The number of nitrogens with zero attached hydrogens (tertiary/aromatic N) is 1. The summed E-state index contributed by atoms with van der Waals surface area (Å²) in [5, 5.41) is 3.51. The highest BCUT2D eigenvalue weighted by molar-refractivity contribution is 5.56. The molecule has 4 nitrogen and oxygen atoms in total. The summed E-state index contributed by atoms with van der Waals surface area (Å²) in [7, 11) is 3.52.